The normalized spacial score (nSPS) is 12.6. The number of carbonyl (C=O) groups is 1. The molecular weight excluding hydrogens is 204 g/mol. The molecule has 0 aromatic rings. The van der Waals surface area contributed by atoms with Gasteiger partial charge in [0.25, 0.3) is 0 Å². The maximum atomic E-state index is 10.1. The van der Waals surface area contributed by atoms with Gasteiger partial charge < -0.3 is 14.3 Å². The Morgan fingerprint density at radius 1 is 1.00 bits per heavy atom. The van der Waals surface area contributed by atoms with Crippen LogP contribution in [0.25, 0.3) is 0 Å². The Balaban J connectivity index is 3.00. The van der Waals surface area contributed by atoms with Gasteiger partial charge in [0.05, 0.1) is 0 Å². The summed E-state index contributed by atoms with van der Waals surface area (Å²) < 4.78 is 10.7. The van der Waals surface area contributed by atoms with Crippen LogP contribution in [0.5, 0.6) is 0 Å². The summed E-state index contributed by atoms with van der Waals surface area (Å²) in [6.45, 7) is 5.40. The van der Waals surface area contributed by atoms with E-state index in [1.165, 1.54) is 25.7 Å². The lowest BCUT2D eigenvalue weighted by Crippen LogP contribution is -2.13. The quantitative estimate of drug-likeness (QED) is 0.293. The van der Waals surface area contributed by atoms with Crippen molar-refractivity contribution in [3.8, 4) is 0 Å². The van der Waals surface area contributed by atoms with Crippen LogP contribution in [-0.2, 0) is 14.3 Å². The van der Waals surface area contributed by atoms with Crippen molar-refractivity contribution in [2.75, 3.05) is 13.2 Å². The van der Waals surface area contributed by atoms with Crippen molar-refractivity contribution in [2.45, 2.75) is 65.1 Å². The zero-order valence-corrected chi connectivity index (χ0v) is 10.7. The first-order valence-electron chi connectivity index (χ1n) is 6.48. The standard InChI is InChI=1S/C13H26O3/c1-3-15-13(2)16-12-10-8-6-4-5-7-9-11-14/h11,13H,3-10,12H2,1-2H3. The molecule has 0 radical (unpaired) electrons. The SMILES string of the molecule is CCOC(C)OCCCCCCCCC=O. The molecule has 0 aliphatic rings. The van der Waals surface area contributed by atoms with Crippen molar-refractivity contribution < 1.29 is 14.3 Å². The van der Waals surface area contributed by atoms with Crippen LogP contribution >= 0.6 is 0 Å². The molecule has 0 aliphatic heterocycles. The minimum Gasteiger partial charge on any atom is -0.353 e. The maximum Gasteiger partial charge on any atom is 0.154 e. The van der Waals surface area contributed by atoms with Crippen molar-refractivity contribution in [1.29, 1.82) is 0 Å². The summed E-state index contributed by atoms with van der Waals surface area (Å²) in [6, 6.07) is 0. The molecule has 0 aliphatic carbocycles. The number of aldehydes is 1. The second kappa shape index (κ2) is 12.7. The van der Waals surface area contributed by atoms with E-state index in [2.05, 4.69) is 0 Å². The van der Waals surface area contributed by atoms with Gasteiger partial charge in [-0.2, -0.15) is 0 Å². The average Bonchev–Trinajstić information content (AvgIpc) is 2.27. The van der Waals surface area contributed by atoms with Gasteiger partial charge in [-0.3, -0.25) is 0 Å². The maximum absolute atomic E-state index is 10.1. The van der Waals surface area contributed by atoms with Crippen LogP contribution < -0.4 is 0 Å². The highest BCUT2D eigenvalue weighted by Crippen LogP contribution is 2.07. The minimum atomic E-state index is -0.0717. The predicted octanol–water partition coefficient (Wildman–Crippen LogP) is 3.32. The Hall–Kier alpha value is -0.410. The number of carbonyl (C=O) groups excluding carboxylic acids is 1. The highest BCUT2D eigenvalue weighted by Gasteiger charge is 1.99. The van der Waals surface area contributed by atoms with E-state index in [1.54, 1.807) is 0 Å². The molecule has 0 saturated heterocycles. The van der Waals surface area contributed by atoms with Crippen LogP contribution in [-0.4, -0.2) is 25.8 Å². The van der Waals surface area contributed by atoms with Gasteiger partial charge >= 0.3 is 0 Å². The zero-order chi connectivity index (χ0) is 12.1. The van der Waals surface area contributed by atoms with Gasteiger partial charge in [0.2, 0.25) is 0 Å². The first kappa shape index (κ1) is 15.6. The third-order valence-electron chi connectivity index (χ3n) is 2.47. The molecule has 0 N–H and O–H groups in total. The molecule has 1 atom stereocenters. The summed E-state index contributed by atoms with van der Waals surface area (Å²) in [5.74, 6) is 0. The van der Waals surface area contributed by atoms with E-state index in [0.29, 0.717) is 6.61 Å². The summed E-state index contributed by atoms with van der Waals surface area (Å²) in [5.41, 5.74) is 0. The number of hydrogen-bond donors (Lipinski definition) is 0. The Morgan fingerprint density at radius 3 is 2.25 bits per heavy atom. The lowest BCUT2D eigenvalue weighted by atomic mass is 10.1. The molecule has 0 aromatic carbocycles. The van der Waals surface area contributed by atoms with E-state index < -0.39 is 0 Å². The first-order valence-corrected chi connectivity index (χ1v) is 6.48. The molecule has 0 fully saturated rings. The minimum absolute atomic E-state index is 0.0717. The summed E-state index contributed by atoms with van der Waals surface area (Å²) in [4.78, 5) is 10.1. The monoisotopic (exact) mass is 230 g/mol. The molecule has 0 saturated carbocycles. The third-order valence-corrected chi connectivity index (χ3v) is 2.47. The average molecular weight is 230 g/mol. The van der Waals surface area contributed by atoms with E-state index in [4.69, 9.17) is 9.47 Å². The van der Waals surface area contributed by atoms with E-state index in [0.717, 1.165) is 32.2 Å². The van der Waals surface area contributed by atoms with Crippen LogP contribution in [0.2, 0.25) is 0 Å². The molecular formula is C13H26O3. The smallest absolute Gasteiger partial charge is 0.154 e. The molecule has 0 spiro atoms. The fourth-order valence-electron chi connectivity index (χ4n) is 1.57. The summed E-state index contributed by atoms with van der Waals surface area (Å²) in [7, 11) is 0. The highest BCUT2D eigenvalue weighted by atomic mass is 16.7. The van der Waals surface area contributed by atoms with Gasteiger partial charge in [0, 0.05) is 19.6 Å². The lowest BCUT2D eigenvalue weighted by molar-refractivity contribution is -0.127. The zero-order valence-electron chi connectivity index (χ0n) is 10.7. The fraction of sp³-hybridized carbons (Fsp3) is 0.923. The largest absolute Gasteiger partial charge is 0.353 e. The second-order valence-corrected chi connectivity index (χ2v) is 3.97. The summed E-state index contributed by atoms with van der Waals surface area (Å²) in [6.07, 6.45) is 8.65. The van der Waals surface area contributed by atoms with Crippen molar-refractivity contribution in [3.63, 3.8) is 0 Å². The van der Waals surface area contributed by atoms with Crippen LogP contribution in [0.3, 0.4) is 0 Å². The number of hydrogen-bond acceptors (Lipinski definition) is 3. The van der Waals surface area contributed by atoms with Gasteiger partial charge in [-0.15, -0.1) is 0 Å². The van der Waals surface area contributed by atoms with E-state index >= 15 is 0 Å². The van der Waals surface area contributed by atoms with Crippen LogP contribution in [0.4, 0.5) is 0 Å². The molecule has 0 heterocycles. The molecule has 0 aromatic heterocycles. The summed E-state index contributed by atoms with van der Waals surface area (Å²) >= 11 is 0. The van der Waals surface area contributed by atoms with Crippen molar-refractivity contribution in [3.05, 3.63) is 0 Å². The van der Waals surface area contributed by atoms with Gasteiger partial charge in [-0.1, -0.05) is 25.7 Å². The second-order valence-electron chi connectivity index (χ2n) is 3.97. The lowest BCUT2D eigenvalue weighted by Gasteiger charge is -2.12. The van der Waals surface area contributed by atoms with Crippen molar-refractivity contribution in [1.82, 2.24) is 0 Å². The molecule has 0 amide bonds. The fourth-order valence-corrected chi connectivity index (χ4v) is 1.57. The Morgan fingerprint density at radius 2 is 1.62 bits per heavy atom. The van der Waals surface area contributed by atoms with Crippen LogP contribution in [0.1, 0.15) is 58.8 Å². The summed E-state index contributed by atoms with van der Waals surface area (Å²) in [5, 5.41) is 0. The predicted molar refractivity (Wildman–Crippen MR) is 65.4 cm³/mol. The molecule has 16 heavy (non-hydrogen) atoms. The van der Waals surface area contributed by atoms with E-state index in [1.807, 2.05) is 13.8 Å². The van der Waals surface area contributed by atoms with E-state index in [-0.39, 0.29) is 6.29 Å². The van der Waals surface area contributed by atoms with Gasteiger partial charge in [-0.05, 0) is 26.7 Å². The number of ether oxygens (including phenoxy) is 2. The Kier molecular flexibility index (Phi) is 12.3. The van der Waals surface area contributed by atoms with Gasteiger partial charge in [0.1, 0.15) is 6.29 Å². The molecule has 0 rings (SSSR count). The third kappa shape index (κ3) is 11.7. The molecule has 1 unspecified atom stereocenters. The highest BCUT2D eigenvalue weighted by molar-refractivity contribution is 5.48. The number of unbranched alkanes of at least 4 members (excludes halogenated alkanes) is 6. The Labute approximate surface area is 99.5 Å². The van der Waals surface area contributed by atoms with Crippen LogP contribution in [0, 0.1) is 0 Å². The van der Waals surface area contributed by atoms with Crippen molar-refractivity contribution >= 4 is 6.29 Å². The molecule has 0 bridgehead atoms. The van der Waals surface area contributed by atoms with Crippen molar-refractivity contribution in [2.24, 2.45) is 0 Å². The van der Waals surface area contributed by atoms with Gasteiger partial charge in [0.15, 0.2) is 6.29 Å². The first-order chi connectivity index (χ1) is 7.81. The van der Waals surface area contributed by atoms with E-state index in [9.17, 15) is 4.79 Å². The Bertz CT molecular complexity index is 148. The van der Waals surface area contributed by atoms with Gasteiger partial charge in [-0.25, -0.2) is 0 Å². The molecule has 96 valence electrons. The molecule has 3 nitrogen and oxygen atoms in total. The number of rotatable bonds is 12. The molecule has 3 heteroatoms. The topological polar surface area (TPSA) is 35.5 Å². The van der Waals surface area contributed by atoms with Crippen LogP contribution in [0.15, 0.2) is 0 Å².